The summed E-state index contributed by atoms with van der Waals surface area (Å²) in [6.45, 7) is 6.44. The van der Waals surface area contributed by atoms with Gasteiger partial charge >= 0.3 is 0 Å². The minimum atomic E-state index is -0.151. The molecule has 1 aromatic carbocycles. The summed E-state index contributed by atoms with van der Waals surface area (Å²) in [7, 11) is 2.09. The smallest absolute Gasteiger partial charge is 0.228 e. The summed E-state index contributed by atoms with van der Waals surface area (Å²) < 4.78 is 1.75. The molecule has 1 aliphatic heterocycles. The molecule has 5 heteroatoms. The van der Waals surface area contributed by atoms with Gasteiger partial charge in [0.1, 0.15) is 0 Å². The zero-order valence-corrected chi connectivity index (χ0v) is 16.5. The quantitative estimate of drug-likeness (QED) is 0.909. The maximum atomic E-state index is 12.7. The van der Waals surface area contributed by atoms with Crippen molar-refractivity contribution in [1.29, 1.82) is 0 Å². The topological polar surface area (TPSA) is 54.3 Å². The number of hydrogen-bond donors (Lipinski definition) is 1. The summed E-state index contributed by atoms with van der Waals surface area (Å²) in [5, 5.41) is 4.28. The van der Waals surface area contributed by atoms with Gasteiger partial charge in [-0.3, -0.25) is 19.1 Å². The molecule has 2 aliphatic rings. The molecule has 142 valence electrons. The predicted octanol–water partition coefficient (Wildman–Crippen LogP) is 3.09. The Bertz CT molecular complexity index is 956. The summed E-state index contributed by atoms with van der Waals surface area (Å²) in [6.07, 6.45) is 5.94. The molecule has 4 rings (SSSR count). The van der Waals surface area contributed by atoms with Crippen molar-refractivity contribution < 1.29 is 9.59 Å². The van der Waals surface area contributed by atoms with E-state index >= 15 is 0 Å². The highest BCUT2D eigenvalue weighted by Gasteiger charge is 2.36. The van der Waals surface area contributed by atoms with Gasteiger partial charge in [-0.25, -0.2) is 0 Å². The second-order valence-electron chi connectivity index (χ2n) is 7.95. The molecule has 0 saturated carbocycles. The van der Waals surface area contributed by atoms with Crippen LogP contribution in [0.3, 0.4) is 0 Å². The normalized spacial score (nSPS) is 22.9. The van der Waals surface area contributed by atoms with Gasteiger partial charge in [0, 0.05) is 37.1 Å². The summed E-state index contributed by atoms with van der Waals surface area (Å²) >= 11 is 0. The Morgan fingerprint density at radius 1 is 1.33 bits per heavy atom. The van der Waals surface area contributed by atoms with Gasteiger partial charge in [-0.2, -0.15) is 0 Å². The zero-order chi connectivity index (χ0) is 19.3. The number of aromatic nitrogens is 1. The van der Waals surface area contributed by atoms with E-state index < -0.39 is 0 Å². The number of nitrogens with one attached hydrogen (secondary N) is 1. The molecular formula is C22H27N3O2. The first kappa shape index (κ1) is 18.0. The van der Waals surface area contributed by atoms with E-state index in [2.05, 4.69) is 36.3 Å². The van der Waals surface area contributed by atoms with E-state index in [4.69, 9.17) is 0 Å². The molecule has 5 nitrogen and oxygen atoms in total. The number of hydrogen-bond acceptors (Lipinski definition) is 3. The van der Waals surface area contributed by atoms with Gasteiger partial charge < -0.3 is 5.32 Å². The van der Waals surface area contributed by atoms with E-state index in [9.17, 15) is 9.59 Å². The molecule has 0 saturated heterocycles. The lowest BCUT2D eigenvalue weighted by atomic mass is 9.80. The molecule has 2 aromatic rings. The Kier molecular flexibility index (Phi) is 4.42. The minimum Gasteiger partial charge on any atom is -0.353 e. The number of carbonyl (C=O) groups is 2. The third kappa shape index (κ3) is 2.90. The fourth-order valence-corrected chi connectivity index (χ4v) is 4.43. The Morgan fingerprint density at radius 3 is 2.81 bits per heavy atom. The summed E-state index contributed by atoms with van der Waals surface area (Å²) in [4.78, 5) is 27.1. The van der Waals surface area contributed by atoms with Crippen LogP contribution in [0.2, 0.25) is 0 Å². The van der Waals surface area contributed by atoms with Gasteiger partial charge in [0.05, 0.1) is 11.4 Å². The first-order valence-corrected chi connectivity index (χ1v) is 9.77. The second kappa shape index (κ2) is 6.64. The molecule has 27 heavy (non-hydrogen) atoms. The number of benzene rings is 1. The Balaban J connectivity index is 1.80. The Morgan fingerprint density at radius 2 is 2.11 bits per heavy atom. The lowest BCUT2D eigenvalue weighted by Crippen LogP contribution is -2.47. The largest absolute Gasteiger partial charge is 0.353 e. The van der Waals surface area contributed by atoms with E-state index in [-0.39, 0.29) is 29.8 Å². The van der Waals surface area contributed by atoms with E-state index in [1.54, 1.807) is 11.5 Å². The van der Waals surface area contributed by atoms with Crippen LogP contribution in [0.1, 0.15) is 43.1 Å². The number of carbonyl (C=O) groups excluding carboxylic acids is 2. The Labute approximate surface area is 160 Å². The molecule has 1 aliphatic carbocycles. The summed E-state index contributed by atoms with van der Waals surface area (Å²) in [5.74, 6) is -0.0233. The van der Waals surface area contributed by atoms with Crippen molar-refractivity contribution in [2.75, 3.05) is 13.6 Å². The third-order valence-electron chi connectivity index (χ3n) is 6.07. The maximum absolute atomic E-state index is 12.7. The van der Waals surface area contributed by atoms with Crippen molar-refractivity contribution in [3.8, 4) is 0 Å². The van der Waals surface area contributed by atoms with Crippen LogP contribution in [0.25, 0.3) is 16.5 Å². The fourth-order valence-electron chi connectivity index (χ4n) is 4.43. The molecule has 0 fully saturated rings. The van der Waals surface area contributed by atoms with Crippen molar-refractivity contribution >= 4 is 28.3 Å². The molecule has 1 amide bonds. The summed E-state index contributed by atoms with van der Waals surface area (Å²) in [6, 6.07) is 6.57. The van der Waals surface area contributed by atoms with Crippen molar-refractivity contribution in [1.82, 2.24) is 14.8 Å². The fraction of sp³-hybridized carbons (Fsp3) is 0.455. The zero-order valence-electron chi connectivity index (χ0n) is 16.5. The lowest BCUT2D eigenvalue weighted by molar-refractivity contribution is -0.124. The first-order chi connectivity index (χ1) is 12.9. The highest BCUT2D eigenvalue weighted by atomic mass is 16.2. The predicted molar refractivity (Wildman–Crippen MR) is 108 cm³/mol. The Hall–Kier alpha value is -2.40. The van der Waals surface area contributed by atoms with Crippen LogP contribution in [0.5, 0.6) is 0 Å². The van der Waals surface area contributed by atoms with Crippen LogP contribution in [-0.2, 0) is 11.2 Å². The van der Waals surface area contributed by atoms with Crippen LogP contribution in [-0.4, -0.2) is 47.0 Å². The molecule has 3 unspecified atom stereocenters. The van der Waals surface area contributed by atoms with E-state index in [1.807, 2.05) is 25.3 Å². The second-order valence-corrected chi connectivity index (χ2v) is 7.95. The van der Waals surface area contributed by atoms with Gasteiger partial charge in [0.2, 0.25) is 11.8 Å². The molecule has 0 spiro atoms. The third-order valence-corrected chi connectivity index (χ3v) is 6.07. The van der Waals surface area contributed by atoms with E-state index in [1.165, 1.54) is 11.1 Å². The van der Waals surface area contributed by atoms with Crippen LogP contribution in [0.15, 0.2) is 30.5 Å². The summed E-state index contributed by atoms with van der Waals surface area (Å²) in [5.41, 5.74) is 4.55. The molecule has 0 radical (unpaired) electrons. The molecule has 2 heterocycles. The molecule has 1 N–H and O–H groups in total. The minimum absolute atomic E-state index is 0.0291. The van der Waals surface area contributed by atoms with Gasteiger partial charge in [0.25, 0.3) is 0 Å². The van der Waals surface area contributed by atoms with Crippen molar-refractivity contribution in [3.63, 3.8) is 0 Å². The monoisotopic (exact) mass is 365 g/mol. The van der Waals surface area contributed by atoms with Crippen LogP contribution >= 0.6 is 0 Å². The van der Waals surface area contributed by atoms with Crippen molar-refractivity contribution in [3.05, 3.63) is 41.6 Å². The molecule has 3 atom stereocenters. The SMILES string of the molecule is CCC(C)NC(=O)C1C=C2c3cccc4c3c(cn4C(C)=O)CC2N(C)C1. The van der Waals surface area contributed by atoms with Gasteiger partial charge in [-0.05, 0) is 49.6 Å². The van der Waals surface area contributed by atoms with Gasteiger partial charge in [-0.15, -0.1) is 0 Å². The van der Waals surface area contributed by atoms with Crippen molar-refractivity contribution in [2.45, 2.75) is 45.7 Å². The molecule has 1 aromatic heterocycles. The first-order valence-electron chi connectivity index (χ1n) is 9.77. The van der Waals surface area contributed by atoms with E-state index in [0.29, 0.717) is 0 Å². The number of likely N-dealkylation sites (N-methyl/N-ethyl adjacent to an activating group) is 1. The van der Waals surface area contributed by atoms with Crippen LogP contribution < -0.4 is 5.32 Å². The standard InChI is InChI=1S/C22H27N3O2/c1-5-13(2)23-22(27)16-9-18-17-7-6-8-19-21(17)15(12-25(19)14(3)26)10-20(18)24(4)11-16/h6-9,12-13,16,20H,5,10-11H2,1-4H3,(H,23,27). The average molecular weight is 365 g/mol. The number of rotatable bonds is 3. The maximum Gasteiger partial charge on any atom is 0.228 e. The average Bonchev–Trinajstić information content (AvgIpc) is 3.02. The van der Waals surface area contributed by atoms with E-state index in [0.717, 1.165) is 35.9 Å². The number of nitrogens with zero attached hydrogens (tertiary/aromatic N) is 2. The van der Waals surface area contributed by atoms with Crippen LogP contribution in [0.4, 0.5) is 0 Å². The molecular weight excluding hydrogens is 338 g/mol. The van der Waals surface area contributed by atoms with Gasteiger partial charge in [-0.1, -0.05) is 25.1 Å². The van der Waals surface area contributed by atoms with Crippen molar-refractivity contribution in [2.24, 2.45) is 5.92 Å². The lowest BCUT2D eigenvalue weighted by Gasteiger charge is -2.39. The van der Waals surface area contributed by atoms with Crippen LogP contribution in [0, 0.1) is 5.92 Å². The highest BCUT2D eigenvalue weighted by Crippen LogP contribution is 2.41. The van der Waals surface area contributed by atoms with Gasteiger partial charge in [0.15, 0.2) is 0 Å². The number of fused-ring (bicyclic) bond motifs is 2. The number of amides is 1. The molecule has 0 bridgehead atoms. The highest BCUT2D eigenvalue weighted by molar-refractivity contribution is 6.03.